The molecule has 0 aromatic rings. The lowest BCUT2D eigenvalue weighted by atomic mass is 10.2. The van der Waals surface area contributed by atoms with Gasteiger partial charge in [-0.3, -0.25) is 0 Å². The molecule has 0 aromatic carbocycles. The molecular weight excluding hydrogens is 141 g/mol. The van der Waals surface area contributed by atoms with Crippen molar-refractivity contribution in [1.29, 1.82) is 0 Å². The lowest BCUT2D eigenvalue weighted by molar-refractivity contribution is 0.609. The number of halogens is 1. The van der Waals surface area contributed by atoms with Crippen molar-refractivity contribution in [2.45, 2.75) is 13.3 Å². The zero-order chi connectivity index (χ0) is 8.27. The van der Waals surface area contributed by atoms with Crippen molar-refractivity contribution >= 4 is 0 Å². The third kappa shape index (κ3) is 2.02. The van der Waals surface area contributed by atoms with E-state index in [1.807, 2.05) is 6.08 Å². The standard InChI is InChI=1S/C9H12FN.H2/c1-7-5-8(6-11)3-2-4-9(7)10;/h2-3,5H,4,6,11H2,1H3;1H. The number of allylic oxidation sites excluding steroid dienone is 4. The zero-order valence-corrected chi connectivity index (χ0v) is 6.60. The molecule has 0 spiro atoms. The molecule has 0 unspecified atom stereocenters. The molecular formula is C9H14FN. The average Bonchev–Trinajstić information content (AvgIpc) is 2.15. The number of hydrogen-bond donors (Lipinski definition) is 1. The molecule has 0 saturated heterocycles. The predicted molar refractivity (Wildman–Crippen MR) is 46.8 cm³/mol. The molecule has 1 nitrogen and oxygen atoms in total. The van der Waals surface area contributed by atoms with Crippen LogP contribution in [0.4, 0.5) is 4.39 Å². The van der Waals surface area contributed by atoms with Crippen molar-refractivity contribution in [1.82, 2.24) is 0 Å². The highest BCUT2D eigenvalue weighted by molar-refractivity contribution is 5.35. The molecule has 0 radical (unpaired) electrons. The van der Waals surface area contributed by atoms with Gasteiger partial charge in [0.15, 0.2) is 0 Å². The number of hydrogen-bond acceptors (Lipinski definition) is 1. The molecule has 62 valence electrons. The molecule has 1 rings (SSSR count). The smallest absolute Gasteiger partial charge is 0.107 e. The van der Waals surface area contributed by atoms with Gasteiger partial charge in [0.05, 0.1) is 0 Å². The van der Waals surface area contributed by atoms with Crippen LogP contribution in [0.25, 0.3) is 0 Å². The third-order valence-corrected chi connectivity index (χ3v) is 1.69. The van der Waals surface area contributed by atoms with Crippen LogP contribution in [0.5, 0.6) is 0 Å². The minimum Gasteiger partial charge on any atom is -0.326 e. The maximum Gasteiger partial charge on any atom is 0.107 e. The summed E-state index contributed by atoms with van der Waals surface area (Å²) in [4.78, 5) is 0. The van der Waals surface area contributed by atoms with E-state index >= 15 is 0 Å². The van der Waals surface area contributed by atoms with Crippen LogP contribution in [0.2, 0.25) is 0 Å². The summed E-state index contributed by atoms with van der Waals surface area (Å²) in [6.07, 6.45) is 5.85. The van der Waals surface area contributed by atoms with Crippen LogP contribution in [0.3, 0.4) is 0 Å². The SMILES string of the molecule is CC1=C(F)CC=CC(CN)=C1.[HH]. The van der Waals surface area contributed by atoms with Gasteiger partial charge in [-0.25, -0.2) is 4.39 Å². The Labute approximate surface area is 67.6 Å². The van der Waals surface area contributed by atoms with Crippen molar-refractivity contribution in [3.8, 4) is 0 Å². The van der Waals surface area contributed by atoms with E-state index in [1.165, 1.54) is 0 Å². The molecule has 0 bridgehead atoms. The van der Waals surface area contributed by atoms with E-state index in [1.54, 1.807) is 19.1 Å². The van der Waals surface area contributed by atoms with Gasteiger partial charge in [-0.05, 0) is 18.1 Å². The van der Waals surface area contributed by atoms with Crippen LogP contribution in [0.15, 0.2) is 35.2 Å². The summed E-state index contributed by atoms with van der Waals surface area (Å²) in [5.74, 6) is -0.0651. The predicted octanol–water partition coefficient (Wildman–Crippen LogP) is 2.32. The molecule has 1 aliphatic carbocycles. The molecule has 2 N–H and O–H groups in total. The van der Waals surface area contributed by atoms with Crippen LogP contribution >= 0.6 is 0 Å². The second kappa shape index (κ2) is 3.49. The Morgan fingerprint density at radius 3 is 3.09 bits per heavy atom. The van der Waals surface area contributed by atoms with Crippen molar-refractivity contribution in [2.75, 3.05) is 6.54 Å². The van der Waals surface area contributed by atoms with Gasteiger partial charge in [0.25, 0.3) is 0 Å². The second-order valence-corrected chi connectivity index (χ2v) is 2.62. The summed E-state index contributed by atoms with van der Waals surface area (Å²) in [6.45, 7) is 2.24. The monoisotopic (exact) mass is 155 g/mol. The molecule has 1 aliphatic rings. The minimum atomic E-state index is -0.0651. The first-order valence-electron chi connectivity index (χ1n) is 3.66. The molecule has 2 heteroatoms. The third-order valence-electron chi connectivity index (χ3n) is 1.69. The van der Waals surface area contributed by atoms with Gasteiger partial charge >= 0.3 is 0 Å². The van der Waals surface area contributed by atoms with Crippen molar-refractivity contribution in [2.24, 2.45) is 5.73 Å². The lowest BCUT2D eigenvalue weighted by Crippen LogP contribution is -2.00. The van der Waals surface area contributed by atoms with E-state index in [0.717, 1.165) is 5.57 Å². The van der Waals surface area contributed by atoms with E-state index in [2.05, 4.69) is 0 Å². The highest BCUT2D eigenvalue weighted by atomic mass is 19.1. The van der Waals surface area contributed by atoms with Crippen molar-refractivity contribution in [3.63, 3.8) is 0 Å². The molecule has 0 amide bonds. The lowest BCUT2D eigenvalue weighted by Gasteiger charge is -1.95. The van der Waals surface area contributed by atoms with Gasteiger partial charge in [0.2, 0.25) is 0 Å². The van der Waals surface area contributed by atoms with Crippen LogP contribution in [0.1, 0.15) is 14.8 Å². The summed E-state index contributed by atoms with van der Waals surface area (Å²) < 4.78 is 12.9. The summed E-state index contributed by atoms with van der Waals surface area (Å²) in [6, 6.07) is 0. The Morgan fingerprint density at radius 2 is 2.45 bits per heavy atom. The molecule has 0 aromatic heterocycles. The molecule has 0 fully saturated rings. The van der Waals surface area contributed by atoms with E-state index < -0.39 is 0 Å². The Balaban J connectivity index is 0.00000121. The fourth-order valence-corrected chi connectivity index (χ4v) is 1.01. The van der Waals surface area contributed by atoms with Crippen molar-refractivity contribution in [3.05, 3.63) is 35.2 Å². The largest absolute Gasteiger partial charge is 0.326 e. The maximum absolute atomic E-state index is 12.9. The Hall–Kier alpha value is -0.890. The average molecular weight is 155 g/mol. The Kier molecular flexibility index (Phi) is 2.60. The van der Waals surface area contributed by atoms with Crippen LogP contribution < -0.4 is 5.73 Å². The fourth-order valence-electron chi connectivity index (χ4n) is 1.01. The molecule has 0 aliphatic heterocycles. The summed E-state index contributed by atoms with van der Waals surface area (Å²) in [5, 5.41) is 0. The normalized spacial score (nSPS) is 18.3. The zero-order valence-electron chi connectivity index (χ0n) is 6.60. The molecule has 11 heavy (non-hydrogen) atoms. The van der Waals surface area contributed by atoms with Gasteiger partial charge in [0.1, 0.15) is 5.83 Å². The van der Waals surface area contributed by atoms with Gasteiger partial charge < -0.3 is 5.73 Å². The van der Waals surface area contributed by atoms with E-state index in [-0.39, 0.29) is 7.25 Å². The second-order valence-electron chi connectivity index (χ2n) is 2.62. The van der Waals surface area contributed by atoms with Crippen molar-refractivity contribution < 1.29 is 5.82 Å². The Morgan fingerprint density at radius 1 is 1.73 bits per heavy atom. The van der Waals surface area contributed by atoms with Gasteiger partial charge in [-0.1, -0.05) is 18.2 Å². The quantitative estimate of drug-likeness (QED) is 0.618. The van der Waals surface area contributed by atoms with Gasteiger partial charge in [-0.15, -0.1) is 0 Å². The summed E-state index contributed by atoms with van der Waals surface area (Å²) in [5.41, 5.74) is 7.09. The van der Waals surface area contributed by atoms with Crippen LogP contribution in [0, 0.1) is 0 Å². The fraction of sp³-hybridized carbons (Fsp3) is 0.333. The first-order valence-corrected chi connectivity index (χ1v) is 3.66. The highest BCUT2D eigenvalue weighted by Gasteiger charge is 2.01. The number of rotatable bonds is 1. The summed E-state index contributed by atoms with van der Waals surface area (Å²) in [7, 11) is 0. The van der Waals surface area contributed by atoms with Gasteiger partial charge in [-0.2, -0.15) is 0 Å². The van der Waals surface area contributed by atoms with E-state index in [9.17, 15) is 4.39 Å². The Bertz CT molecular complexity index is 241. The van der Waals surface area contributed by atoms with Crippen LogP contribution in [-0.4, -0.2) is 6.54 Å². The first-order chi connectivity index (χ1) is 5.24. The molecule has 0 atom stereocenters. The van der Waals surface area contributed by atoms with Gasteiger partial charge in [0, 0.05) is 14.4 Å². The first kappa shape index (κ1) is 8.21. The van der Waals surface area contributed by atoms with E-state index in [0.29, 0.717) is 18.5 Å². The molecule has 0 saturated carbocycles. The topological polar surface area (TPSA) is 26.0 Å². The highest BCUT2D eigenvalue weighted by Crippen LogP contribution is 2.17. The molecule has 0 heterocycles. The van der Waals surface area contributed by atoms with E-state index in [4.69, 9.17) is 5.73 Å². The van der Waals surface area contributed by atoms with Crippen LogP contribution in [-0.2, 0) is 0 Å². The minimum absolute atomic E-state index is 0. The number of nitrogens with two attached hydrogens (primary N) is 1. The maximum atomic E-state index is 12.9. The summed E-state index contributed by atoms with van der Waals surface area (Å²) >= 11 is 0.